The molecular weight excluding hydrogens is 298 g/mol. The second-order valence-corrected chi connectivity index (χ2v) is 6.11. The number of carbonyl (C=O) groups is 3. The van der Waals surface area contributed by atoms with Crippen molar-refractivity contribution in [3.05, 3.63) is 35.9 Å². The van der Waals surface area contributed by atoms with Crippen LogP contribution in [0.25, 0.3) is 0 Å². The van der Waals surface area contributed by atoms with Gasteiger partial charge in [-0.05, 0) is 18.4 Å². The van der Waals surface area contributed by atoms with E-state index in [9.17, 15) is 14.4 Å². The molecule has 0 fully saturated rings. The van der Waals surface area contributed by atoms with Gasteiger partial charge in [-0.25, -0.2) is 4.79 Å². The Labute approximate surface area is 135 Å². The molecule has 0 radical (unpaired) electrons. The fourth-order valence-corrected chi connectivity index (χ4v) is 2.16. The Bertz CT molecular complexity index is 555. The van der Waals surface area contributed by atoms with Crippen molar-refractivity contribution in [3.63, 3.8) is 0 Å². The Balaban J connectivity index is 2.81. The van der Waals surface area contributed by atoms with Gasteiger partial charge in [0.2, 0.25) is 0 Å². The highest BCUT2D eigenvalue weighted by Crippen LogP contribution is 2.27. The third-order valence-corrected chi connectivity index (χ3v) is 3.41. The zero-order valence-corrected chi connectivity index (χ0v) is 13.7. The molecule has 0 saturated heterocycles. The number of benzene rings is 1. The molecular formula is C17H23NO5. The quantitative estimate of drug-likeness (QED) is 0.448. The third-order valence-electron chi connectivity index (χ3n) is 3.41. The zero-order chi connectivity index (χ0) is 17.5. The van der Waals surface area contributed by atoms with Crippen LogP contribution in [0.5, 0.6) is 0 Å². The number of rotatable bonds is 8. The van der Waals surface area contributed by atoms with E-state index in [0.29, 0.717) is 0 Å². The predicted molar refractivity (Wildman–Crippen MR) is 83.7 cm³/mol. The Kier molecular flexibility index (Phi) is 6.90. The van der Waals surface area contributed by atoms with Crippen molar-refractivity contribution in [2.75, 3.05) is 0 Å². The number of esters is 1. The fraction of sp³-hybridized carbons (Fsp3) is 0.471. The van der Waals surface area contributed by atoms with Crippen LogP contribution in [0, 0.1) is 11.3 Å². The van der Waals surface area contributed by atoms with Crippen LogP contribution in [-0.4, -0.2) is 17.7 Å². The Morgan fingerprint density at radius 3 is 2.26 bits per heavy atom. The number of hydrogen-bond acceptors (Lipinski definition) is 6. The number of nitrogens with two attached hydrogens (primary N) is 1. The summed E-state index contributed by atoms with van der Waals surface area (Å²) in [6.07, 6.45) is -0.0335. The van der Waals surface area contributed by atoms with Gasteiger partial charge in [-0.3, -0.25) is 9.59 Å². The lowest BCUT2D eigenvalue weighted by molar-refractivity contribution is -0.174. The first-order chi connectivity index (χ1) is 10.8. The van der Waals surface area contributed by atoms with Gasteiger partial charge in [0.15, 0.2) is 5.41 Å². The van der Waals surface area contributed by atoms with Crippen molar-refractivity contribution in [3.8, 4) is 0 Å². The number of Topliss-reactive ketones (excluding diaryl/α,β-unsaturated/α-hetero) is 1. The molecule has 1 atom stereocenters. The molecule has 0 heterocycles. The van der Waals surface area contributed by atoms with E-state index in [1.807, 2.05) is 32.0 Å². The van der Waals surface area contributed by atoms with Crippen LogP contribution in [0.3, 0.4) is 0 Å². The van der Waals surface area contributed by atoms with Crippen molar-refractivity contribution < 1.29 is 24.0 Å². The minimum absolute atomic E-state index is 0.00544. The molecule has 6 heteroatoms. The number of ketones is 1. The average molecular weight is 321 g/mol. The molecule has 0 amide bonds. The molecule has 23 heavy (non-hydrogen) atoms. The number of carbonyl (C=O) groups excluding carboxylic acids is 3. The van der Waals surface area contributed by atoms with Crippen LogP contribution < -0.4 is 5.90 Å². The fourth-order valence-electron chi connectivity index (χ4n) is 2.16. The van der Waals surface area contributed by atoms with Gasteiger partial charge in [0.05, 0.1) is 0 Å². The molecule has 0 bridgehead atoms. The van der Waals surface area contributed by atoms with Crippen molar-refractivity contribution in [2.45, 2.75) is 40.2 Å². The maximum absolute atomic E-state index is 12.3. The first-order valence-electron chi connectivity index (χ1n) is 7.43. The van der Waals surface area contributed by atoms with Gasteiger partial charge >= 0.3 is 11.9 Å². The van der Waals surface area contributed by atoms with Crippen molar-refractivity contribution in [2.24, 2.45) is 17.2 Å². The SMILES string of the molecule is CC(C)CC(=O)CC(C)(C(=O)ON)C(=O)OCc1ccccc1. The molecule has 0 aromatic heterocycles. The minimum Gasteiger partial charge on any atom is -0.460 e. The van der Waals surface area contributed by atoms with E-state index in [2.05, 4.69) is 4.84 Å². The van der Waals surface area contributed by atoms with Gasteiger partial charge in [0.25, 0.3) is 0 Å². The van der Waals surface area contributed by atoms with Gasteiger partial charge in [-0.2, -0.15) is 5.90 Å². The van der Waals surface area contributed by atoms with Crippen LogP contribution >= 0.6 is 0 Å². The monoisotopic (exact) mass is 321 g/mol. The molecule has 0 spiro atoms. The average Bonchev–Trinajstić information content (AvgIpc) is 2.51. The molecule has 0 aliphatic heterocycles. The number of hydrogen-bond donors (Lipinski definition) is 1. The Morgan fingerprint density at radius 2 is 1.74 bits per heavy atom. The van der Waals surface area contributed by atoms with E-state index in [1.165, 1.54) is 6.92 Å². The van der Waals surface area contributed by atoms with E-state index in [0.717, 1.165) is 5.56 Å². The first kappa shape index (κ1) is 18.8. The summed E-state index contributed by atoms with van der Waals surface area (Å²) in [5.74, 6) is 3.02. The summed E-state index contributed by atoms with van der Waals surface area (Å²) < 4.78 is 5.17. The maximum atomic E-state index is 12.3. The molecule has 0 aliphatic carbocycles. The highest BCUT2D eigenvalue weighted by atomic mass is 16.7. The summed E-state index contributed by atoms with van der Waals surface area (Å²) in [5.41, 5.74) is -0.965. The summed E-state index contributed by atoms with van der Waals surface area (Å²) >= 11 is 0. The number of ether oxygens (including phenoxy) is 1. The molecule has 126 valence electrons. The first-order valence-corrected chi connectivity index (χ1v) is 7.43. The maximum Gasteiger partial charge on any atom is 0.342 e. The highest BCUT2D eigenvalue weighted by Gasteiger charge is 2.46. The van der Waals surface area contributed by atoms with E-state index in [1.54, 1.807) is 12.1 Å². The lowest BCUT2D eigenvalue weighted by atomic mass is 9.83. The van der Waals surface area contributed by atoms with Crippen LogP contribution in [0.2, 0.25) is 0 Å². The smallest absolute Gasteiger partial charge is 0.342 e. The molecule has 0 saturated carbocycles. The highest BCUT2D eigenvalue weighted by molar-refractivity contribution is 6.03. The summed E-state index contributed by atoms with van der Waals surface area (Å²) in [7, 11) is 0. The van der Waals surface area contributed by atoms with Crippen LogP contribution in [0.15, 0.2) is 30.3 Å². The summed E-state index contributed by atoms with van der Waals surface area (Å²) in [6.45, 7) is 5.08. The molecule has 1 unspecified atom stereocenters. The largest absolute Gasteiger partial charge is 0.460 e. The second-order valence-electron chi connectivity index (χ2n) is 6.11. The van der Waals surface area contributed by atoms with E-state index >= 15 is 0 Å². The minimum atomic E-state index is -1.74. The van der Waals surface area contributed by atoms with Crippen molar-refractivity contribution in [1.29, 1.82) is 0 Å². The Hall–Kier alpha value is -2.21. The van der Waals surface area contributed by atoms with Gasteiger partial charge in [0, 0.05) is 12.8 Å². The standard InChI is InChI=1S/C17H23NO5/c1-12(2)9-14(19)10-17(3,16(21)23-18)15(20)22-11-13-7-5-4-6-8-13/h4-8,12H,9-11,18H2,1-3H3. The third kappa shape index (κ3) is 5.49. The molecule has 2 N–H and O–H groups in total. The lowest BCUT2D eigenvalue weighted by Crippen LogP contribution is -2.42. The van der Waals surface area contributed by atoms with E-state index in [-0.39, 0.29) is 31.1 Å². The summed E-state index contributed by atoms with van der Waals surface area (Å²) in [6, 6.07) is 9.03. The van der Waals surface area contributed by atoms with E-state index < -0.39 is 17.4 Å². The van der Waals surface area contributed by atoms with Gasteiger partial charge in [0.1, 0.15) is 12.4 Å². The van der Waals surface area contributed by atoms with Crippen LogP contribution in [-0.2, 0) is 30.6 Å². The molecule has 1 rings (SSSR count). The summed E-state index contributed by atoms with van der Waals surface area (Å²) in [5, 5.41) is 0. The molecule has 1 aromatic rings. The van der Waals surface area contributed by atoms with Crippen molar-refractivity contribution >= 4 is 17.7 Å². The second kappa shape index (κ2) is 8.43. The molecule has 1 aromatic carbocycles. The predicted octanol–water partition coefficient (Wildman–Crippen LogP) is 2.16. The van der Waals surface area contributed by atoms with Gasteiger partial charge in [-0.1, -0.05) is 44.2 Å². The Morgan fingerprint density at radius 1 is 1.13 bits per heavy atom. The van der Waals surface area contributed by atoms with Crippen LogP contribution in [0.4, 0.5) is 0 Å². The van der Waals surface area contributed by atoms with Gasteiger partial charge in [-0.15, -0.1) is 0 Å². The van der Waals surface area contributed by atoms with Gasteiger partial charge < -0.3 is 9.57 Å². The topological polar surface area (TPSA) is 95.7 Å². The van der Waals surface area contributed by atoms with Crippen molar-refractivity contribution in [1.82, 2.24) is 0 Å². The molecule has 0 aliphatic rings. The summed E-state index contributed by atoms with van der Waals surface area (Å²) in [4.78, 5) is 40.5. The lowest BCUT2D eigenvalue weighted by Gasteiger charge is -2.23. The zero-order valence-electron chi connectivity index (χ0n) is 13.7. The van der Waals surface area contributed by atoms with Crippen LogP contribution in [0.1, 0.15) is 39.2 Å². The van der Waals surface area contributed by atoms with E-state index in [4.69, 9.17) is 10.6 Å². The normalized spacial score (nSPS) is 13.3. The molecule has 6 nitrogen and oxygen atoms in total.